The molecule has 4 fully saturated rings. The lowest BCUT2D eigenvalue weighted by Crippen LogP contribution is -2.59. The normalized spacial score (nSPS) is 46.5. The fourth-order valence-corrected chi connectivity index (χ4v) is 11.1. The van der Waals surface area contributed by atoms with Gasteiger partial charge in [-0.1, -0.05) is 91.8 Å². The van der Waals surface area contributed by atoms with E-state index in [1.807, 2.05) is 20.8 Å². The van der Waals surface area contributed by atoms with Crippen molar-refractivity contribution in [1.82, 2.24) is 0 Å². The number of rotatable bonds is 13. The summed E-state index contributed by atoms with van der Waals surface area (Å²) in [6.45, 7) is 21.1. The zero-order chi connectivity index (χ0) is 52.9. The standard InChI is InChI=1S/C53H86O18/c1-13-37-34(10)71-53(63,25-41(37)67-45-23-39(55)49(61)36(12)65-45)32(8)47(59)30(6)51-27(3)19-15-17-20-42(56)68-50(26(2)18-14-16-21-43(57)69-51)29(5)46(58)31(7)52(62)24-40(28(4)33(9)70-52)66-44-22-38(54)48(60)35(11)64-44/h14-21,26-41,44-51,54-55,58-63H,13,22-25H2,1-12H3/b18-14+,19-15+,20-17+,21-16+/t26-,27-,28+,29-,30-,31-,32-,33+,34+,35-,36-,37+,38-,39-,40+,41+,44-,45-,46+,47+,48+,49+,50-,51-,52+,53+/m0/s1. The van der Waals surface area contributed by atoms with Crippen LogP contribution in [0.1, 0.15) is 115 Å². The third-order valence-corrected chi connectivity index (χ3v) is 16.3. The molecule has 0 bridgehead atoms. The zero-order valence-corrected chi connectivity index (χ0v) is 43.7. The average molecular weight is 1010 g/mol. The lowest BCUT2D eigenvalue weighted by atomic mass is 9.76. The molecule has 5 rings (SSSR count). The number of aliphatic hydroxyl groups is 8. The van der Waals surface area contributed by atoms with Crippen LogP contribution in [0, 0.1) is 47.3 Å². The molecule has 0 aromatic heterocycles. The second-order valence-electron chi connectivity index (χ2n) is 21.4. The molecule has 0 aromatic rings. The van der Waals surface area contributed by atoms with Crippen molar-refractivity contribution in [3.63, 3.8) is 0 Å². The molecule has 0 spiro atoms. The predicted molar refractivity (Wildman–Crippen MR) is 258 cm³/mol. The van der Waals surface area contributed by atoms with E-state index in [-0.39, 0.29) is 37.5 Å². The molecular formula is C53H86O18. The molecule has 18 nitrogen and oxygen atoms in total. The van der Waals surface area contributed by atoms with Crippen LogP contribution in [-0.2, 0) is 47.5 Å². The highest BCUT2D eigenvalue weighted by molar-refractivity contribution is 5.83. The molecule has 0 saturated carbocycles. The minimum Gasteiger partial charge on any atom is -0.458 e. The first kappa shape index (κ1) is 59.2. The molecule has 0 amide bonds. The lowest BCUT2D eigenvalue weighted by Gasteiger charge is -2.50. The van der Waals surface area contributed by atoms with Gasteiger partial charge in [0.25, 0.3) is 0 Å². The molecule has 26 atom stereocenters. The topological polar surface area (TPSA) is 270 Å². The quantitative estimate of drug-likeness (QED) is 0.122. The summed E-state index contributed by atoms with van der Waals surface area (Å²) < 4.78 is 48.8. The number of ether oxygens (including phenoxy) is 8. The summed E-state index contributed by atoms with van der Waals surface area (Å²) in [5, 5.41) is 89.3. The molecule has 5 aliphatic rings. The van der Waals surface area contributed by atoms with Gasteiger partial charge in [0.2, 0.25) is 0 Å². The minimum atomic E-state index is -1.88. The van der Waals surface area contributed by atoms with Crippen LogP contribution in [0.2, 0.25) is 0 Å². The summed E-state index contributed by atoms with van der Waals surface area (Å²) in [5.74, 6) is -9.89. The number of esters is 2. The van der Waals surface area contributed by atoms with Gasteiger partial charge in [-0.05, 0) is 34.1 Å². The zero-order valence-electron chi connectivity index (χ0n) is 43.7. The van der Waals surface area contributed by atoms with Crippen molar-refractivity contribution >= 4 is 11.9 Å². The summed E-state index contributed by atoms with van der Waals surface area (Å²) in [6.07, 6.45) is -1.03. The summed E-state index contributed by atoms with van der Waals surface area (Å²) in [6, 6.07) is 0. The Morgan fingerprint density at radius 1 is 0.606 bits per heavy atom. The Hall–Kier alpha value is -2.66. The molecule has 71 heavy (non-hydrogen) atoms. The number of carbonyl (C=O) groups excluding carboxylic acids is 2. The number of carbonyl (C=O) groups is 2. The van der Waals surface area contributed by atoms with E-state index in [0.717, 1.165) is 0 Å². The van der Waals surface area contributed by atoms with Gasteiger partial charge in [0.05, 0.1) is 61.0 Å². The van der Waals surface area contributed by atoms with Crippen LogP contribution in [0.4, 0.5) is 0 Å². The Morgan fingerprint density at radius 2 is 1.00 bits per heavy atom. The van der Waals surface area contributed by atoms with Crippen LogP contribution >= 0.6 is 0 Å². The highest BCUT2D eigenvalue weighted by Gasteiger charge is 2.54. The third-order valence-electron chi connectivity index (χ3n) is 16.3. The highest BCUT2D eigenvalue weighted by atomic mass is 16.7. The maximum Gasteiger partial charge on any atom is 0.331 e. The van der Waals surface area contributed by atoms with Gasteiger partial charge in [-0.15, -0.1) is 0 Å². The van der Waals surface area contributed by atoms with Gasteiger partial charge < -0.3 is 78.7 Å². The van der Waals surface area contributed by atoms with Gasteiger partial charge in [-0.25, -0.2) is 9.59 Å². The Kier molecular flexibility index (Phi) is 21.1. The Balaban J connectivity index is 1.28. The van der Waals surface area contributed by atoms with Crippen LogP contribution in [0.3, 0.4) is 0 Å². The molecule has 406 valence electrons. The van der Waals surface area contributed by atoms with E-state index >= 15 is 0 Å². The molecular weight excluding hydrogens is 925 g/mol. The molecule has 5 aliphatic heterocycles. The molecule has 5 heterocycles. The molecule has 0 aromatic carbocycles. The lowest BCUT2D eigenvalue weighted by molar-refractivity contribution is -0.345. The molecule has 4 saturated heterocycles. The SMILES string of the molecule is CC[C@@H]1[C@@H](C)O[C@@](O)([C@@H](C)[C@H](O)[C@H](C)[C@H]2OC(=O)/C=C/C=C/[C@H](C)[C@@H]([C@@H](C)[C@@H](O)[C@H](C)[C@@]3(O)C[C@@H](O[C@H]4C[C@H](O)[C@H](O)[C@H](C)O4)[C@H](C)[C@@H](C)O3)OC(=O)/C=C/C=C/[C@@H]2C)C[C@H]1O[C@H]1C[C@H](O)[C@H](O)[C@H](C)O1. The van der Waals surface area contributed by atoms with Gasteiger partial charge >= 0.3 is 11.9 Å². The maximum absolute atomic E-state index is 13.5. The minimum absolute atomic E-state index is 0.0265. The van der Waals surface area contributed by atoms with Crippen molar-refractivity contribution < 1.29 is 88.3 Å². The first-order valence-electron chi connectivity index (χ1n) is 25.8. The largest absolute Gasteiger partial charge is 0.458 e. The maximum atomic E-state index is 13.5. The first-order chi connectivity index (χ1) is 33.2. The van der Waals surface area contributed by atoms with E-state index in [9.17, 15) is 50.4 Å². The van der Waals surface area contributed by atoms with Crippen LogP contribution in [0.5, 0.6) is 0 Å². The van der Waals surface area contributed by atoms with E-state index in [1.54, 1.807) is 86.6 Å². The van der Waals surface area contributed by atoms with Crippen molar-refractivity contribution in [2.75, 3.05) is 0 Å². The van der Waals surface area contributed by atoms with Crippen molar-refractivity contribution in [3.8, 4) is 0 Å². The highest BCUT2D eigenvalue weighted by Crippen LogP contribution is 2.44. The monoisotopic (exact) mass is 1010 g/mol. The average Bonchev–Trinajstić information content (AvgIpc) is 3.30. The summed E-state index contributed by atoms with van der Waals surface area (Å²) in [4.78, 5) is 27.0. The number of hydrogen-bond acceptors (Lipinski definition) is 18. The molecule has 8 N–H and O–H groups in total. The Labute approximate surface area is 420 Å². The second-order valence-corrected chi connectivity index (χ2v) is 21.4. The summed E-state index contributed by atoms with van der Waals surface area (Å²) in [7, 11) is 0. The van der Waals surface area contributed by atoms with Crippen LogP contribution in [0.15, 0.2) is 48.6 Å². The Bertz CT molecular complexity index is 1820. The third kappa shape index (κ3) is 14.4. The molecule has 0 unspecified atom stereocenters. The number of allylic oxidation sites excluding steroid dienone is 4. The van der Waals surface area contributed by atoms with Crippen LogP contribution < -0.4 is 0 Å². The van der Waals surface area contributed by atoms with Crippen LogP contribution in [0.25, 0.3) is 0 Å². The van der Waals surface area contributed by atoms with Gasteiger partial charge in [-0.3, -0.25) is 0 Å². The fourth-order valence-electron chi connectivity index (χ4n) is 11.1. The van der Waals surface area contributed by atoms with E-state index < -0.39 is 157 Å². The van der Waals surface area contributed by atoms with Gasteiger partial charge in [-0.2, -0.15) is 0 Å². The van der Waals surface area contributed by atoms with E-state index in [2.05, 4.69) is 0 Å². The van der Waals surface area contributed by atoms with Crippen molar-refractivity contribution in [1.29, 1.82) is 0 Å². The smallest absolute Gasteiger partial charge is 0.331 e. The van der Waals surface area contributed by atoms with Crippen molar-refractivity contribution in [2.24, 2.45) is 47.3 Å². The number of hydrogen-bond donors (Lipinski definition) is 8. The van der Waals surface area contributed by atoms with Gasteiger partial charge in [0.1, 0.15) is 24.4 Å². The second kappa shape index (κ2) is 25.2. The number of aliphatic hydroxyl groups excluding tert-OH is 6. The van der Waals surface area contributed by atoms with Crippen molar-refractivity contribution in [3.05, 3.63) is 48.6 Å². The molecule has 0 radical (unpaired) electrons. The van der Waals surface area contributed by atoms with Gasteiger partial charge in [0, 0.05) is 85.2 Å². The first-order valence-corrected chi connectivity index (χ1v) is 25.8. The van der Waals surface area contributed by atoms with Gasteiger partial charge in [0.15, 0.2) is 24.2 Å². The Morgan fingerprint density at radius 3 is 1.41 bits per heavy atom. The van der Waals surface area contributed by atoms with Crippen molar-refractivity contribution in [2.45, 2.75) is 225 Å². The fraction of sp³-hybridized carbons (Fsp3) is 0.811. The van der Waals surface area contributed by atoms with E-state index in [0.29, 0.717) is 6.42 Å². The number of cyclic esters (lactones) is 2. The summed E-state index contributed by atoms with van der Waals surface area (Å²) in [5.41, 5.74) is 0. The molecule has 18 heteroatoms. The van der Waals surface area contributed by atoms with E-state index in [4.69, 9.17) is 37.9 Å². The van der Waals surface area contributed by atoms with E-state index in [1.165, 1.54) is 24.3 Å². The summed E-state index contributed by atoms with van der Waals surface area (Å²) >= 11 is 0. The predicted octanol–water partition coefficient (Wildman–Crippen LogP) is 3.73. The molecule has 0 aliphatic carbocycles. The van der Waals surface area contributed by atoms with Crippen LogP contribution in [-0.4, -0.2) is 162 Å².